The van der Waals surface area contributed by atoms with Gasteiger partial charge in [-0.1, -0.05) is 0 Å². The fourth-order valence-electron chi connectivity index (χ4n) is 3.08. The van der Waals surface area contributed by atoms with Crippen LogP contribution in [0.4, 0.5) is 0 Å². The maximum Gasteiger partial charge on any atom is 0.336 e. The van der Waals surface area contributed by atoms with Gasteiger partial charge in [0.2, 0.25) is 0 Å². The number of hydrogen-bond donors (Lipinski definition) is 1. The number of aromatic hydroxyl groups is 1. The lowest BCUT2D eigenvalue weighted by Gasteiger charge is -2.30. The molecule has 23 heavy (non-hydrogen) atoms. The molecule has 0 radical (unpaired) electrons. The van der Waals surface area contributed by atoms with Crippen molar-refractivity contribution in [3.63, 3.8) is 0 Å². The normalized spacial score (nSPS) is 16.6. The van der Waals surface area contributed by atoms with Gasteiger partial charge in [0.25, 0.3) is 0 Å². The van der Waals surface area contributed by atoms with Gasteiger partial charge in [-0.25, -0.2) is 4.79 Å². The molecule has 0 saturated carbocycles. The monoisotopic (exact) mass is 317 g/mol. The van der Waals surface area contributed by atoms with Crippen LogP contribution in [0.1, 0.15) is 18.4 Å². The van der Waals surface area contributed by atoms with E-state index in [9.17, 15) is 14.7 Å². The first kappa shape index (κ1) is 15.6. The highest BCUT2D eigenvalue weighted by Crippen LogP contribution is 2.25. The number of fused-ring (bicyclic) bond motifs is 1. The van der Waals surface area contributed by atoms with Crippen LogP contribution in [0.15, 0.2) is 33.5 Å². The molecule has 3 rings (SSSR count). The van der Waals surface area contributed by atoms with Crippen LogP contribution < -0.4 is 5.63 Å². The topological polar surface area (TPSA) is 80.0 Å². The highest BCUT2D eigenvalue weighted by atomic mass is 16.5. The Morgan fingerprint density at radius 1 is 1.35 bits per heavy atom. The summed E-state index contributed by atoms with van der Waals surface area (Å²) in [6, 6.07) is 6.17. The van der Waals surface area contributed by atoms with Crippen LogP contribution in [-0.2, 0) is 16.1 Å². The Balaban J connectivity index is 1.79. The minimum Gasteiger partial charge on any atom is -0.508 e. The van der Waals surface area contributed by atoms with E-state index in [-0.39, 0.29) is 17.6 Å². The molecule has 0 spiro atoms. The number of carbonyl (C=O) groups excluding carboxylic acids is 1. The molecule has 1 aliphatic heterocycles. The van der Waals surface area contributed by atoms with Crippen molar-refractivity contribution in [2.45, 2.75) is 19.4 Å². The molecule has 1 aromatic heterocycles. The molecule has 0 aliphatic carbocycles. The summed E-state index contributed by atoms with van der Waals surface area (Å²) in [6.45, 7) is 2.11. The molecule has 1 N–H and O–H groups in total. The van der Waals surface area contributed by atoms with Gasteiger partial charge in [0.05, 0.1) is 13.0 Å². The lowest BCUT2D eigenvalue weighted by Crippen LogP contribution is -2.36. The van der Waals surface area contributed by atoms with Crippen LogP contribution in [0.5, 0.6) is 5.75 Å². The van der Waals surface area contributed by atoms with Crippen LogP contribution in [0.25, 0.3) is 11.0 Å². The lowest BCUT2D eigenvalue weighted by atomic mass is 9.96. The average Bonchev–Trinajstić information content (AvgIpc) is 2.55. The minimum atomic E-state index is -0.400. The maximum absolute atomic E-state index is 11.7. The molecule has 0 unspecified atom stereocenters. The minimum absolute atomic E-state index is 0.0436. The largest absolute Gasteiger partial charge is 0.508 e. The van der Waals surface area contributed by atoms with Gasteiger partial charge in [-0.3, -0.25) is 9.69 Å². The maximum atomic E-state index is 11.7. The van der Waals surface area contributed by atoms with Gasteiger partial charge in [-0.15, -0.1) is 0 Å². The fraction of sp³-hybridized carbons (Fsp3) is 0.412. The van der Waals surface area contributed by atoms with E-state index in [0.29, 0.717) is 12.1 Å². The first-order chi connectivity index (χ1) is 11.1. The summed E-state index contributed by atoms with van der Waals surface area (Å²) in [7, 11) is 1.41. The molecule has 0 amide bonds. The lowest BCUT2D eigenvalue weighted by molar-refractivity contribution is -0.147. The van der Waals surface area contributed by atoms with Crippen LogP contribution in [0.2, 0.25) is 0 Å². The van der Waals surface area contributed by atoms with Crippen LogP contribution >= 0.6 is 0 Å². The Morgan fingerprint density at radius 2 is 2.09 bits per heavy atom. The molecular formula is C17H19NO5. The zero-order valence-corrected chi connectivity index (χ0v) is 12.9. The summed E-state index contributed by atoms with van der Waals surface area (Å²) in [5.74, 6) is -0.0599. The third-order valence-electron chi connectivity index (χ3n) is 4.33. The molecule has 6 nitrogen and oxygen atoms in total. The molecule has 2 heterocycles. The summed E-state index contributed by atoms with van der Waals surface area (Å²) in [6.07, 6.45) is 1.49. The number of rotatable bonds is 3. The molecule has 2 aromatic rings. The van der Waals surface area contributed by atoms with Gasteiger partial charge in [-0.2, -0.15) is 0 Å². The number of phenols is 1. The first-order valence-corrected chi connectivity index (χ1v) is 7.63. The summed E-state index contributed by atoms with van der Waals surface area (Å²) in [5.41, 5.74) is 0.890. The van der Waals surface area contributed by atoms with Crippen molar-refractivity contribution in [1.29, 1.82) is 0 Å². The summed E-state index contributed by atoms with van der Waals surface area (Å²) >= 11 is 0. The summed E-state index contributed by atoms with van der Waals surface area (Å²) < 4.78 is 9.95. The third kappa shape index (κ3) is 3.37. The number of methoxy groups -OCH3 is 1. The smallest absolute Gasteiger partial charge is 0.336 e. The Labute approximate surface area is 133 Å². The summed E-state index contributed by atoms with van der Waals surface area (Å²) in [5, 5.41) is 10.4. The van der Waals surface area contributed by atoms with Crippen molar-refractivity contribution >= 4 is 16.9 Å². The number of carbonyl (C=O) groups is 1. The highest BCUT2D eigenvalue weighted by molar-refractivity contribution is 5.81. The van der Waals surface area contributed by atoms with Gasteiger partial charge in [-0.05, 0) is 49.7 Å². The molecule has 0 bridgehead atoms. The predicted octanol–water partition coefficient (Wildman–Crippen LogP) is 1.88. The Bertz CT molecular complexity index is 774. The van der Waals surface area contributed by atoms with Crippen molar-refractivity contribution in [3.05, 3.63) is 40.2 Å². The van der Waals surface area contributed by atoms with E-state index in [2.05, 4.69) is 4.90 Å². The van der Waals surface area contributed by atoms with Crippen LogP contribution in [0, 0.1) is 5.92 Å². The number of hydrogen-bond acceptors (Lipinski definition) is 6. The van der Waals surface area contributed by atoms with Crippen molar-refractivity contribution < 1.29 is 19.1 Å². The van der Waals surface area contributed by atoms with Gasteiger partial charge < -0.3 is 14.3 Å². The van der Waals surface area contributed by atoms with Crippen molar-refractivity contribution in [3.8, 4) is 5.75 Å². The molecular weight excluding hydrogens is 298 g/mol. The van der Waals surface area contributed by atoms with Crippen LogP contribution in [-0.4, -0.2) is 36.2 Å². The van der Waals surface area contributed by atoms with E-state index in [0.717, 1.165) is 36.9 Å². The number of nitrogens with zero attached hydrogens (tertiary/aromatic N) is 1. The highest BCUT2D eigenvalue weighted by Gasteiger charge is 2.25. The SMILES string of the molecule is COC(=O)C1CCN(Cc2cc(=O)oc3ccc(O)cc23)CC1. The van der Waals surface area contributed by atoms with Crippen molar-refractivity contribution in [2.24, 2.45) is 5.92 Å². The van der Waals surface area contributed by atoms with E-state index in [1.807, 2.05) is 0 Å². The van der Waals surface area contributed by atoms with Crippen LogP contribution in [0.3, 0.4) is 0 Å². The predicted molar refractivity (Wildman–Crippen MR) is 84.2 cm³/mol. The van der Waals surface area contributed by atoms with E-state index in [1.54, 1.807) is 12.1 Å². The Morgan fingerprint density at radius 3 is 2.78 bits per heavy atom. The zero-order valence-electron chi connectivity index (χ0n) is 12.9. The van der Waals surface area contributed by atoms with E-state index in [4.69, 9.17) is 9.15 Å². The number of benzene rings is 1. The van der Waals surface area contributed by atoms with Crippen molar-refractivity contribution in [2.75, 3.05) is 20.2 Å². The van der Waals surface area contributed by atoms with Crippen molar-refractivity contribution in [1.82, 2.24) is 4.90 Å². The number of phenolic OH excluding ortho intramolecular Hbond substituents is 1. The van der Waals surface area contributed by atoms with E-state index >= 15 is 0 Å². The second kappa shape index (κ2) is 6.42. The number of likely N-dealkylation sites (tertiary alicyclic amines) is 1. The molecule has 6 heteroatoms. The van der Waals surface area contributed by atoms with E-state index in [1.165, 1.54) is 19.2 Å². The average molecular weight is 317 g/mol. The fourth-order valence-corrected chi connectivity index (χ4v) is 3.08. The zero-order chi connectivity index (χ0) is 16.4. The number of piperidine rings is 1. The third-order valence-corrected chi connectivity index (χ3v) is 4.33. The Hall–Kier alpha value is -2.34. The second-order valence-corrected chi connectivity index (χ2v) is 5.84. The summed E-state index contributed by atoms with van der Waals surface area (Å²) in [4.78, 5) is 25.5. The molecule has 1 aromatic carbocycles. The van der Waals surface area contributed by atoms with Gasteiger partial charge in [0.1, 0.15) is 11.3 Å². The molecule has 1 saturated heterocycles. The second-order valence-electron chi connectivity index (χ2n) is 5.84. The first-order valence-electron chi connectivity index (χ1n) is 7.63. The number of ether oxygens (including phenoxy) is 1. The molecule has 122 valence electrons. The number of esters is 1. The molecule has 1 aliphatic rings. The molecule has 1 fully saturated rings. The Kier molecular flexibility index (Phi) is 4.34. The van der Waals surface area contributed by atoms with Gasteiger partial charge in [0, 0.05) is 18.0 Å². The quantitative estimate of drug-likeness (QED) is 0.688. The molecule has 0 atom stereocenters. The van der Waals surface area contributed by atoms with Gasteiger partial charge in [0.15, 0.2) is 0 Å². The van der Waals surface area contributed by atoms with E-state index < -0.39 is 5.63 Å². The van der Waals surface area contributed by atoms with Gasteiger partial charge >= 0.3 is 11.6 Å². The standard InChI is InChI=1S/C17H19NO5/c1-22-17(21)11-4-6-18(7-5-11)10-12-8-16(20)23-15-3-2-13(19)9-14(12)15/h2-3,8-9,11,19H,4-7,10H2,1H3.